The monoisotopic (exact) mass is 361 g/mol. The van der Waals surface area contributed by atoms with E-state index in [4.69, 9.17) is 4.74 Å². The van der Waals surface area contributed by atoms with Crippen LogP contribution in [0.1, 0.15) is 58.4 Å². The number of ether oxygens (including phenoxy) is 1. The van der Waals surface area contributed by atoms with E-state index in [2.05, 4.69) is 0 Å². The summed E-state index contributed by atoms with van der Waals surface area (Å²) in [7, 11) is 0. The normalized spacial score (nSPS) is 25.2. The standard InChI is InChI=1S/C21H28FNO3/c1-21(2,3)26-20(25)23-16-9-10-17(23)13-15(12-16)19(24)11-8-14-6-4-5-7-18(14)22/h4-7,15-17H,8-13H2,1-3H3. The first-order chi connectivity index (χ1) is 12.2. The van der Waals surface area contributed by atoms with Gasteiger partial charge in [-0.25, -0.2) is 9.18 Å². The van der Waals surface area contributed by atoms with Crippen molar-refractivity contribution in [2.24, 2.45) is 5.92 Å². The van der Waals surface area contributed by atoms with Gasteiger partial charge in [0.15, 0.2) is 0 Å². The van der Waals surface area contributed by atoms with Crippen LogP contribution in [-0.4, -0.2) is 34.5 Å². The largest absolute Gasteiger partial charge is 0.444 e. The Morgan fingerprint density at radius 3 is 2.35 bits per heavy atom. The molecule has 2 bridgehead atoms. The maximum Gasteiger partial charge on any atom is 0.410 e. The van der Waals surface area contributed by atoms with Crippen molar-refractivity contribution in [2.45, 2.75) is 77.0 Å². The van der Waals surface area contributed by atoms with E-state index >= 15 is 0 Å². The van der Waals surface area contributed by atoms with Crippen LogP contribution in [-0.2, 0) is 16.0 Å². The number of rotatable bonds is 4. The zero-order chi connectivity index (χ0) is 18.9. The first-order valence-corrected chi connectivity index (χ1v) is 9.52. The molecule has 3 rings (SSSR count). The van der Waals surface area contributed by atoms with Gasteiger partial charge in [-0.2, -0.15) is 0 Å². The second-order valence-electron chi connectivity index (χ2n) is 8.50. The number of fused-ring (bicyclic) bond motifs is 2. The summed E-state index contributed by atoms with van der Waals surface area (Å²) in [4.78, 5) is 27.0. The molecule has 0 aliphatic carbocycles. The number of halogens is 1. The molecule has 2 saturated heterocycles. The molecule has 0 radical (unpaired) electrons. The number of ketones is 1. The summed E-state index contributed by atoms with van der Waals surface area (Å²) in [6.07, 6.45) is 3.80. The Labute approximate surface area is 154 Å². The zero-order valence-electron chi connectivity index (χ0n) is 15.8. The lowest BCUT2D eigenvalue weighted by Gasteiger charge is -2.39. The van der Waals surface area contributed by atoms with Gasteiger partial charge >= 0.3 is 6.09 Å². The van der Waals surface area contributed by atoms with Crippen LogP contribution in [0.5, 0.6) is 0 Å². The minimum Gasteiger partial charge on any atom is -0.444 e. The smallest absolute Gasteiger partial charge is 0.410 e. The third-order valence-corrected chi connectivity index (χ3v) is 5.39. The predicted octanol–water partition coefficient (Wildman–Crippen LogP) is 4.51. The summed E-state index contributed by atoms with van der Waals surface area (Å²) in [5.74, 6) is -0.0907. The third kappa shape index (κ3) is 4.25. The second-order valence-corrected chi connectivity index (χ2v) is 8.50. The molecule has 2 atom stereocenters. The lowest BCUT2D eigenvalue weighted by Crippen LogP contribution is -2.49. The van der Waals surface area contributed by atoms with Gasteiger partial charge in [0.05, 0.1) is 0 Å². The van der Waals surface area contributed by atoms with Gasteiger partial charge in [0.2, 0.25) is 0 Å². The lowest BCUT2D eigenvalue weighted by atomic mass is 9.85. The van der Waals surface area contributed by atoms with E-state index in [0.29, 0.717) is 31.2 Å². The maximum absolute atomic E-state index is 13.7. The van der Waals surface area contributed by atoms with Crippen LogP contribution in [0.15, 0.2) is 24.3 Å². The number of Topliss-reactive ketones (excluding diaryl/α,β-unsaturated/α-hetero) is 1. The number of carbonyl (C=O) groups excluding carboxylic acids is 2. The number of aryl methyl sites for hydroxylation is 1. The van der Waals surface area contributed by atoms with Crippen molar-refractivity contribution < 1.29 is 18.7 Å². The summed E-state index contributed by atoms with van der Waals surface area (Å²) in [6, 6.07) is 6.79. The molecule has 142 valence electrons. The van der Waals surface area contributed by atoms with E-state index in [0.717, 1.165) is 12.8 Å². The summed E-state index contributed by atoms with van der Waals surface area (Å²) in [5, 5.41) is 0. The number of amides is 1. The Morgan fingerprint density at radius 2 is 1.77 bits per heavy atom. The molecule has 1 aromatic rings. The lowest BCUT2D eigenvalue weighted by molar-refractivity contribution is -0.125. The Bertz CT molecular complexity index is 668. The summed E-state index contributed by atoms with van der Waals surface area (Å²) in [6.45, 7) is 5.60. The van der Waals surface area contributed by atoms with Gasteiger partial charge in [-0.3, -0.25) is 4.79 Å². The highest BCUT2D eigenvalue weighted by atomic mass is 19.1. The van der Waals surface area contributed by atoms with E-state index in [9.17, 15) is 14.0 Å². The van der Waals surface area contributed by atoms with Crippen molar-refractivity contribution in [2.75, 3.05) is 0 Å². The van der Waals surface area contributed by atoms with Crippen LogP contribution in [0.2, 0.25) is 0 Å². The van der Waals surface area contributed by atoms with E-state index in [1.807, 2.05) is 25.7 Å². The van der Waals surface area contributed by atoms with Gasteiger partial charge in [-0.05, 0) is 64.5 Å². The number of benzene rings is 1. The molecule has 5 heteroatoms. The molecule has 2 aliphatic rings. The zero-order valence-corrected chi connectivity index (χ0v) is 15.8. The molecule has 1 aromatic carbocycles. The first kappa shape index (κ1) is 18.9. The summed E-state index contributed by atoms with van der Waals surface area (Å²) < 4.78 is 19.3. The molecule has 0 spiro atoms. The molecule has 2 fully saturated rings. The molecule has 0 aromatic heterocycles. The summed E-state index contributed by atoms with van der Waals surface area (Å²) in [5.41, 5.74) is 0.0816. The predicted molar refractivity (Wildman–Crippen MR) is 97.3 cm³/mol. The van der Waals surface area contributed by atoms with Crippen molar-refractivity contribution in [3.8, 4) is 0 Å². The average Bonchev–Trinajstić information content (AvgIpc) is 2.82. The van der Waals surface area contributed by atoms with Crippen LogP contribution in [0.4, 0.5) is 9.18 Å². The van der Waals surface area contributed by atoms with Crippen LogP contribution < -0.4 is 0 Å². The fourth-order valence-electron chi connectivity index (χ4n) is 4.22. The number of hydrogen-bond donors (Lipinski definition) is 0. The quantitative estimate of drug-likeness (QED) is 0.793. The maximum atomic E-state index is 13.7. The molecule has 4 nitrogen and oxygen atoms in total. The first-order valence-electron chi connectivity index (χ1n) is 9.52. The van der Waals surface area contributed by atoms with E-state index < -0.39 is 5.60 Å². The Hall–Kier alpha value is -1.91. The molecule has 26 heavy (non-hydrogen) atoms. The van der Waals surface area contributed by atoms with Gasteiger partial charge in [0, 0.05) is 24.4 Å². The highest BCUT2D eigenvalue weighted by Gasteiger charge is 2.46. The van der Waals surface area contributed by atoms with Crippen molar-refractivity contribution in [3.63, 3.8) is 0 Å². The third-order valence-electron chi connectivity index (χ3n) is 5.39. The van der Waals surface area contributed by atoms with Crippen LogP contribution in [0.3, 0.4) is 0 Å². The van der Waals surface area contributed by atoms with Gasteiger partial charge in [-0.1, -0.05) is 18.2 Å². The second kappa shape index (κ2) is 7.37. The van der Waals surface area contributed by atoms with Crippen LogP contribution >= 0.6 is 0 Å². The van der Waals surface area contributed by atoms with Gasteiger partial charge in [0.1, 0.15) is 17.2 Å². The van der Waals surface area contributed by atoms with Crippen molar-refractivity contribution >= 4 is 11.9 Å². The van der Waals surface area contributed by atoms with Crippen LogP contribution in [0.25, 0.3) is 0 Å². The van der Waals surface area contributed by atoms with Crippen molar-refractivity contribution in [1.29, 1.82) is 0 Å². The Balaban J connectivity index is 1.57. The van der Waals surface area contributed by atoms with Gasteiger partial charge in [-0.15, -0.1) is 0 Å². The molecular weight excluding hydrogens is 333 g/mol. The fourth-order valence-corrected chi connectivity index (χ4v) is 4.22. The molecule has 0 N–H and O–H groups in total. The van der Waals surface area contributed by atoms with Crippen LogP contribution in [0, 0.1) is 11.7 Å². The Kier molecular flexibility index (Phi) is 5.35. The van der Waals surface area contributed by atoms with Crippen molar-refractivity contribution in [3.05, 3.63) is 35.6 Å². The molecular formula is C21H28FNO3. The molecule has 2 aliphatic heterocycles. The van der Waals surface area contributed by atoms with E-state index in [1.165, 1.54) is 6.07 Å². The fraction of sp³-hybridized carbons (Fsp3) is 0.619. The van der Waals surface area contributed by atoms with Crippen molar-refractivity contribution in [1.82, 2.24) is 4.90 Å². The molecule has 1 amide bonds. The highest BCUT2D eigenvalue weighted by Crippen LogP contribution is 2.40. The molecule has 2 unspecified atom stereocenters. The highest BCUT2D eigenvalue weighted by molar-refractivity contribution is 5.82. The number of piperidine rings is 1. The average molecular weight is 361 g/mol. The SMILES string of the molecule is CC(C)(C)OC(=O)N1C2CCC1CC(C(=O)CCc1ccccc1F)C2. The topological polar surface area (TPSA) is 46.6 Å². The van der Waals surface area contributed by atoms with Gasteiger partial charge in [0.25, 0.3) is 0 Å². The molecule has 2 heterocycles. The Morgan fingerprint density at radius 1 is 1.15 bits per heavy atom. The van der Waals surface area contributed by atoms with E-state index in [-0.39, 0.29) is 35.7 Å². The minimum absolute atomic E-state index is 0.0297. The van der Waals surface area contributed by atoms with E-state index in [1.54, 1.807) is 18.2 Å². The van der Waals surface area contributed by atoms with Gasteiger partial charge < -0.3 is 9.64 Å². The number of nitrogens with zero attached hydrogens (tertiary/aromatic N) is 1. The number of hydrogen-bond acceptors (Lipinski definition) is 3. The summed E-state index contributed by atoms with van der Waals surface area (Å²) >= 11 is 0. The number of carbonyl (C=O) groups is 2. The minimum atomic E-state index is -0.511. The molecule has 0 saturated carbocycles.